The SMILES string of the molecule is CCOc1ccc(SCC(=O)N2CCc3cc(OC)c(OC)cc3C2c2cccs2)cc1. The van der Waals surface area contributed by atoms with Crippen molar-refractivity contribution in [3.05, 3.63) is 69.9 Å². The van der Waals surface area contributed by atoms with Gasteiger partial charge >= 0.3 is 0 Å². The molecule has 4 rings (SSSR count). The number of nitrogens with zero attached hydrogens (tertiary/aromatic N) is 1. The van der Waals surface area contributed by atoms with Crippen LogP contribution < -0.4 is 14.2 Å². The van der Waals surface area contributed by atoms with E-state index in [1.165, 1.54) is 5.56 Å². The number of carbonyl (C=O) groups excluding carboxylic acids is 1. The molecule has 0 saturated carbocycles. The van der Waals surface area contributed by atoms with Crippen molar-refractivity contribution >= 4 is 29.0 Å². The van der Waals surface area contributed by atoms with Crippen molar-refractivity contribution in [1.82, 2.24) is 4.90 Å². The first kappa shape index (κ1) is 22.6. The lowest BCUT2D eigenvalue weighted by atomic mass is 9.91. The normalized spacial score (nSPS) is 15.2. The lowest BCUT2D eigenvalue weighted by Gasteiger charge is -2.37. The Kier molecular flexibility index (Phi) is 7.27. The third-order valence-corrected chi connectivity index (χ3v) is 7.43. The molecule has 1 unspecified atom stereocenters. The molecular weight excluding hydrogens is 442 g/mol. The van der Waals surface area contributed by atoms with Gasteiger partial charge in [0.15, 0.2) is 11.5 Å². The highest BCUT2D eigenvalue weighted by molar-refractivity contribution is 8.00. The first-order chi connectivity index (χ1) is 15.6. The van der Waals surface area contributed by atoms with Crippen LogP contribution in [0.2, 0.25) is 0 Å². The zero-order chi connectivity index (χ0) is 22.5. The summed E-state index contributed by atoms with van der Waals surface area (Å²) in [6.45, 7) is 3.28. The van der Waals surface area contributed by atoms with E-state index in [-0.39, 0.29) is 11.9 Å². The predicted octanol–water partition coefficient (Wildman–Crippen LogP) is 5.43. The Balaban J connectivity index is 1.57. The van der Waals surface area contributed by atoms with Crippen molar-refractivity contribution in [3.63, 3.8) is 0 Å². The summed E-state index contributed by atoms with van der Waals surface area (Å²) in [4.78, 5) is 17.6. The van der Waals surface area contributed by atoms with E-state index in [1.807, 2.05) is 54.3 Å². The number of methoxy groups -OCH3 is 2. The molecule has 0 fully saturated rings. The Morgan fingerprint density at radius 1 is 1.12 bits per heavy atom. The largest absolute Gasteiger partial charge is 0.494 e. The number of ether oxygens (including phenoxy) is 3. The van der Waals surface area contributed by atoms with Gasteiger partial charge in [-0.1, -0.05) is 6.07 Å². The van der Waals surface area contributed by atoms with Gasteiger partial charge < -0.3 is 19.1 Å². The van der Waals surface area contributed by atoms with Gasteiger partial charge in [-0.3, -0.25) is 4.79 Å². The molecule has 2 aromatic carbocycles. The summed E-state index contributed by atoms with van der Waals surface area (Å²) in [5, 5.41) is 2.06. The fourth-order valence-electron chi connectivity index (χ4n) is 3.99. The molecular formula is C25H27NO4S2. The van der Waals surface area contributed by atoms with Crippen LogP contribution in [0, 0.1) is 0 Å². The number of rotatable bonds is 8. The first-order valence-corrected chi connectivity index (χ1v) is 12.4. The molecule has 0 N–H and O–H groups in total. The van der Waals surface area contributed by atoms with E-state index in [4.69, 9.17) is 14.2 Å². The minimum Gasteiger partial charge on any atom is -0.494 e. The van der Waals surface area contributed by atoms with E-state index in [1.54, 1.807) is 37.3 Å². The zero-order valence-electron chi connectivity index (χ0n) is 18.5. The smallest absolute Gasteiger partial charge is 0.233 e. The fourth-order valence-corrected chi connectivity index (χ4v) is 5.63. The molecule has 1 aliphatic heterocycles. The van der Waals surface area contributed by atoms with Crippen LogP contribution in [0.1, 0.15) is 29.0 Å². The van der Waals surface area contributed by atoms with Gasteiger partial charge in [0.25, 0.3) is 0 Å². The summed E-state index contributed by atoms with van der Waals surface area (Å²) < 4.78 is 16.6. The Morgan fingerprint density at radius 2 is 1.88 bits per heavy atom. The number of benzene rings is 2. The van der Waals surface area contributed by atoms with Gasteiger partial charge in [-0.15, -0.1) is 23.1 Å². The molecule has 1 atom stereocenters. The second-order valence-corrected chi connectivity index (χ2v) is 9.38. The molecule has 0 bridgehead atoms. The topological polar surface area (TPSA) is 48.0 Å². The van der Waals surface area contributed by atoms with Crippen LogP contribution in [0.15, 0.2) is 58.8 Å². The average molecular weight is 470 g/mol. The highest BCUT2D eigenvalue weighted by Gasteiger charge is 2.33. The van der Waals surface area contributed by atoms with Crippen molar-refractivity contribution in [3.8, 4) is 17.2 Å². The summed E-state index contributed by atoms with van der Waals surface area (Å²) in [5.74, 6) is 2.77. The number of fused-ring (bicyclic) bond motifs is 1. The Bertz CT molecular complexity index is 1050. The maximum atomic E-state index is 13.4. The van der Waals surface area contributed by atoms with Crippen molar-refractivity contribution in [2.24, 2.45) is 0 Å². The van der Waals surface area contributed by atoms with Crippen LogP contribution in [-0.4, -0.2) is 43.9 Å². The highest BCUT2D eigenvalue weighted by atomic mass is 32.2. The number of thiophene rings is 1. The minimum absolute atomic E-state index is 0.119. The van der Waals surface area contributed by atoms with Gasteiger partial charge in [0.1, 0.15) is 5.75 Å². The molecule has 5 nitrogen and oxygen atoms in total. The van der Waals surface area contributed by atoms with Crippen LogP contribution in [0.3, 0.4) is 0 Å². The molecule has 32 heavy (non-hydrogen) atoms. The molecule has 1 aromatic heterocycles. The van der Waals surface area contributed by atoms with Crippen LogP contribution in [0.5, 0.6) is 17.2 Å². The second kappa shape index (κ2) is 10.3. The zero-order valence-corrected chi connectivity index (χ0v) is 20.1. The lowest BCUT2D eigenvalue weighted by molar-refractivity contribution is -0.130. The molecule has 1 aliphatic rings. The minimum atomic E-state index is -0.119. The molecule has 3 aromatic rings. The Labute approximate surface area is 197 Å². The van der Waals surface area contributed by atoms with E-state index in [0.717, 1.165) is 33.3 Å². The summed E-state index contributed by atoms with van der Waals surface area (Å²) in [6.07, 6.45) is 0.789. The molecule has 168 valence electrons. The monoisotopic (exact) mass is 469 g/mol. The van der Waals surface area contributed by atoms with Crippen molar-refractivity contribution in [1.29, 1.82) is 0 Å². The van der Waals surface area contributed by atoms with E-state index >= 15 is 0 Å². The van der Waals surface area contributed by atoms with Crippen LogP contribution >= 0.6 is 23.1 Å². The predicted molar refractivity (Wildman–Crippen MR) is 129 cm³/mol. The van der Waals surface area contributed by atoms with Gasteiger partial charge in [0, 0.05) is 16.3 Å². The molecule has 0 aliphatic carbocycles. The molecule has 1 amide bonds. The standard InChI is InChI=1S/C25H27NO4S2/c1-4-30-18-7-9-19(10-8-18)32-16-24(27)26-12-11-17-14-21(28-2)22(29-3)15-20(17)25(26)23-6-5-13-31-23/h5-10,13-15,25H,4,11-12,16H2,1-3H3. The maximum absolute atomic E-state index is 13.4. The van der Waals surface area contributed by atoms with Crippen LogP contribution in [0.25, 0.3) is 0 Å². The summed E-state index contributed by atoms with van der Waals surface area (Å²) in [7, 11) is 3.29. The van der Waals surface area contributed by atoms with Gasteiger partial charge in [-0.25, -0.2) is 0 Å². The molecule has 0 spiro atoms. The van der Waals surface area contributed by atoms with Gasteiger partial charge in [-0.2, -0.15) is 0 Å². The van der Waals surface area contributed by atoms with Gasteiger partial charge in [0.05, 0.1) is 32.6 Å². The summed E-state index contributed by atoms with van der Waals surface area (Å²) in [5.41, 5.74) is 2.31. The Morgan fingerprint density at radius 3 is 2.53 bits per heavy atom. The van der Waals surface area contributed by atoms with Gasteiger partial charge in [-0.05, 0) is 72.3 Å². The maximum Gasteiger partial charge on any atom is 0.233 e. The van der Waals surface area contributed by atoms with Crippen molar-refractivity contribution < 1.29 is 19.0 Å². The van der Waals surface area contributed by atoms with E-state index in [0.29, 0.717) is 24.7 Å². The van der Waals surface area contributed by atoms with E-state index in [2.05, 4.69) is 11.4 Å². The van der Waals surface area contributed by atoms with E-state index in [9.17, 15) is 4.79 Å². The van der Waals surface area contributed by atoms with Gasteiger partial charge in [0.2, 0.25) is 5.91 Å². The number of hydrogen-bond donors (Lipinski definition) is 0. The third-order valence-electron chi connectivity index (χ3n) is 5.50. The van der Waals surface area contributed by atoms with Crippen molar-refractivity contribution in [2.45, 2.75) is 24.3 Å². The fraction of sp³-hybridized carbons (Fsp3) is 0.320. The summed E-state index contributed by atoms with van der Waals surface area (Å²) >= 11 is 3.23. The molecule has 7 heteroatoms. The summed E-state index contributed by atoms with van der Waals surface area (Å²) in [6, 6.07) is 16.0. The molecule has 2 heterocycles. The van der Waals surface area contributed by atoms with Crippen LogP contribution in [0.4, 0.5) is 0 Å². The number of hydrogen-bond acceptors (Lipinski definition) is 6. The number of amides is 1. The van der Waals surface area contributed by atoms with E-state index < -0.39 is 0 Å². The Hall–Kier alpha value is -2.64. The lowest BCUT2D eigenvalue weighted by Crippen LogP contribution is -2.41. The average Bonchev–Trinajstić information content (AvgIpc) is 3.36. The molecule has 0 saturated heterocycles. The number of thioether (sulfide) groups is 1. The quantitative estimate of drug-likeness (QED) is 0.412. The molecule has 0 radical (unpaired) electrons. The van der Waals surface area contributed by atoms with Crippen molar-refractivity contribution in [2.75, 3.05) is 33.1 Å². The third kappa shape index (κ3) is 4.74. The second-order valence-electron chi connectivity index (χ2n) is 7.35. The number of carbonyl (C=O) groups is 1. The highest BCUT2D eigenvalue weighted by Crippen LogP contribution is 2.42. The van der Waals surface area contributed by atoms with Crippen LogP contribution in [-0.2, 0) is 11.2 Å². The first-order valence-electron chi connectivity index (χ1n) is 10.6.